The van der Waals surface area contributed by atoms with Gasteiger partial charge in [0.1, 0.15) is 5.75 Å². The smallest absolute Gasteiger partial charge is 0.123 e. The molecule has 0 bridgehead atoms. The van der Waals surface area contributed by atoms with Gasteiger partial charge in [-0.25, -0.2) is 0 Å². The van der Waals surface area contributed by atoms with Crippen LogP contribution in [0.2, 0.25) is 0 Å². The van der Waals surface area contributed by atoms with Gasteiger partial charge in [0.2, 0.25) is 0 Å². The molecule has 2 N–H and O–H groups in total. The number of likely N-dealkylation sites (N-methyl/N-ethyl adjacent to an activating group) is 1. The highest BCUT2D eigenvalue weighted by atomic mass is 16.5. The molecule has 0 radical (unpaired) electrons. The van der Waals surface area contributed by atoms with Crippen LogP contribution in [0.4, 0.5) is 0 Å². The molecule has 1 heterocycles. The Morgan fingerprint density at radius 3 is 2.80 bits per heavy atom. The largest absolute Gasteiger partial charge is 0.496 e. The molecular weight excluding hydrogens is 250 g/mol. The van der Waals surface area contributed by atoms with Crippen molar-refractivity contribution in [1.82, 2.24) is 9.80 Å². The summed E-state index contributed by atoms with van der Waals surface area (Å²) in [7, 11) is 3.89. The van der Waals surface area contributed by atoms with Crippen molar-refractivity contribution in [2.75, 3.05) is 40.3 Å². The van der Waals surface area contributed by atoms with E-state index in [9.17, 15) is 0 Å². The van der Waals surface area contributed by atoms with Crippen molar-refractivity contribution < 1.29 is 4.74 Å². The number of ether oxygens (including phenoxy) is 1. The summed E-state index contributed by atoms with van der Waals surface area (Å²) in [4.78, 5) is 4.85. The van der Waals surface area contributed by atoms with Gasteiger partial charge in [0.15, 0.2) is 0 Å². The Kier molecular flexibility index (Phi) is 5.02. The van der Waals surface area contributed by atoms with Crippen molar-refractivity contribution in [3.8, 4) is 5.75 Å². The molecule has 2 unspecified atom stereocenters. The first kappa shape index (κ1) is 15.3. The molecule has 20 heavy (non-hydrogen) atoms. The van der Waals surface area contributed by atoms with Gasteiger partial charge < -0.3 is 15.4 Å². The molecule has 4 nitrogen and oxygen atoms in total. The molecule has 1 aliphatic rings. The summed E-state index contributed by atoms with van der Waals surface area (Å²) >= 11 is 0. The number of aryl methyl sites for hydroxylation is 1. The first-order chi connectivity index (χ1) is 9.51. The van der Waals surface area contributed by atoms with Gasteiger partial charge in [-0.1, -0.05) is 17.7 Å². The highest BCUT2D eigenvalue weighted by molar-refractivity contribution is 5.39. The van der Waals surface area contributed by atoms with E-state index in [0.29, 0.717) is 6.04 Å². The third-order valence-electron chi connectivity index (χ3n) is 4.18. The van der Waals surface area contributed by atoms with Crippen LogP contribution in [0.25, 0.3) is 0 Å². The van der Waals surface area contributed by atoms with Gasteiger partial charge in [0.25, 0.3) is 0 Å². The minimum Gasteiger partial charge on any atom is -0.496 e. The minimum atomic E-state index is -0.00398. The summed E-state index contributed by atoms with van der Waals surface area (Å²) < 4.78 is 5.45. The second kappa shape index (κ2) is 6.57. The van der Waals surface area contributed by atoms with Gasteiger partial charge in [0.05, 0.1) is 7.11 Å². The summed E-state index contributed by atoms with van der Waals surface area (Å²) in [6, 6.07) is 6.77. The van der Waals surface area contributed by atoms with Crippen molar-refractivity contribution in [2.24, 2.45) is 5.73 Å². The van der Waals surface area contributed by atoms with E-state index in [1.54, 1.807) is 7.11 Å². The Bertz CT molecular complexity index is 449. The molecular formula is C16H27N3O. The lowest BCUT2D eigenvalue weighted by atomic mass is 10.0. The fourth-order valence-electron chi connectivity index (χ4n) is 2.94. The van der Waals surface area contributed by atoms with Crippen molar-refractivity contribution >= 4 is 0 Å². The summed E-state index contributed by atoms with van der Waals surface area (Å²) in [5.74, 6) is 0.893. The van der Waals surface area contributed by atoms with Crippen molar-refractivity contribution in [2.45, 2.75) is 25.9 Å². The maximum absolute atomic E-state index is 6.43. The van der Waals surface area contributed by atoms with Crippen LogP contribution in [0, 0.1) is 6.92 Å². The maximum atomic E-state index is 6.43. The van der Waals surface area contributed by atoms with E-state index in [2.05, 4.69) is 42.8 Å². The molecule has 1 aromatic rings. The van der Waals surface area contributed by atoms with E-state index >= 15 is 0 Å². The Hall–Kier alpha value is -1.10. The topological polar surface area (TPSA) is 41.7 Å². The van der Waals surface area contributed by atoms with Gasteiger partial charge in [0, 0.05) is 43.8 Å². The van der Waals surface area contributed by atoms with Crippen LogP contribution >= 0.6 is 0 Å². The van der Waals surface area contributed by atoms with Crippen LogP contribution in [0.5, 0.6) is 5.75 Å². The van der Waals surface area contributed by atoms with Gasteiger partial charge in [-0.05, 0) is 27.0 Å². The van der Waals surface area contributed by atoms with Crippen molar-refractivity contribution in [3.05, 3.63) is 29.3 Å². The summed E-state index contributed by atoms with van der Waals surface area (Å²) in [6.45, 7) is 8.55. The number of nitrogens with zero attached hydrogens (tertiary/aromatic N) is 2. The lowest BCUT2D eigenvalue weighted by molar-refractivity contribution is 0.0943. The molecule has 0 amide bonds. The van der Waals surface area contributed by atoms with Crippen LogP contribution in [0.1, 0.15) is 24.1 Å². The van der Waals surface area contributed by atoms with Gasteiger partial charge in [-0.15, -0.1) is 0 Å². The Labute approximate surface area is 122 Å². The zero-order chi connectivity index (χ0) is 14.7. The van der Waals surface area contributed by atoms with Crippen LogP contribution in [0.3, 0.4) is 0 Å². The molecule has 1 aromatic carbocycles. The molecule has 0 aromatic heterocycles. The number of rotatable bonds is 4. The van der Waals surface area contributed by atoms with Crippen molar-refractivity contribution in [3.63, 3.8) is 0 Å². The molecule has 0 aliphatic carbocycles. The molecule has 1 aliphatic heterocycles. The zero-order valence-electron chi connectivity index (χ0n) is 13.1. The van der Waals surface area contributed by atoms with Crippen LogP contribution in [0.15, 0.2) is 18.2 Å². The van der Waals surface area contributed by atoms with Crippen LogP contribution in [-0.2, 0) is 0 Å². The number of nitrogens with two attached hydrogens (primary N) is 1. The predicted octanol–water partition coefficient (Wildman–Crippen LogP) is 1.64. The third-order valence-corrected chi connectivity index (χ3v) is 4.18. The number of hydrogen-bond donors (Lipinski definition) is 1. The normalized spacial score (nSPS) is 22.8. The molecule has 1 fully saturated rings. The average molecular weight is 277 g/mol. The monoisotopic (exact) mass is 277 g/mol. The van der Waals surface area contributed by atoms with Gasteiger partial charge >= 0.3 is 0 Å². The molecule has 112 valence electrons. The molecule has 4 heteroatoms. The highest BCUT2D eigenvalue weighted by Gasteiger charge is 2.24. The first-order valence-electron chi connectivity index (χ1n) is 7.34. The average Bonchev–Trinajstić information content (AvgIpc) is 2.41. The second-order valence-electron chi connectivity index (χ2n) is 5.96. The Balaban J connectivity index is 2.08. The predicted molar refractivity (Wildman–Crippen MR) is 83.2 cm³/mol. The summed E-state index contributed by atoms with van der Waals surface area (Å²) in [5, 5.41) is 0. The van der Waals surface area contributed by atoms with Gasteiger partial charge in [-0.3, -0.25) is 4.90 Å². The van der Waals surface area contributed by atoms with E-state index in [4.69, 9.17) is 10.5 Å². The SMILES string of the molecule is COc1ccc(C)cc1C(N)CN1CCN(C)CC1C. The summed E-state index contributed by atoms with van der Waals surface area (Å²) in [5.41, 5.74) is 8.77. The molecule has 1 saturated heterocycles. The number of methoxy groups -OCH3 is 1. The fourth-order valence-corrected chi connectivity index (χ4v) is 2.94. The van der Waals surface area contributed by atoms with Gasteiger partial charge in [-0.2, -0.15) is 0 Å². The minimum absolute atomic E-state index is 0.00398. The van der Waals surface area contributed by atoms with E-state index in [1.165, 1.54) is 5.56 Å². The lowest BCUT2D eigenvalue weighted by Gasteiger charge is -2.39. The second-order valence-corrected chi connectivity index (χ2v) is 5.96. The van der Waals surface area contributed by atoms with E-state index in [-0.39, 0.29) is 6.04 Å². The Morgan fingerprint density at radius 1 is 1.40 bits per heavy atom. The number of hydrogen-bond acceptors (Lipinski definition) is 4. The van der Waals surface area contributed by atoms with Crippen LogP contribution in [-0.4, -0.2) is 56.2 Å². The van der Waals surface area contributed by atoms with Crippen LogP contribution < -0.4 is 10.5 Å². The number of benzene rings is 1. The third kappa shape index (κ3) is 3.51. The lowest BCUT2D eigenvalue weighted by Crippen LogP contribution is -2.52. The van der Waals surface area contributed by atoms with E-state index < -0.39 is 0 Å². The van der Waals surface area contributed by atoms with E-state index in [0.717, 1.165) is 37.5 Å². The highest BCUT2D eigenvalue weighted by Crippen LogP contribution is 2.26. The molecule has 2 atom stereocenters. The number of piperazine rings is 1. The summed E-state index contributed by atoms with van der Waals surface area (Å²) in [6.07, 6.45) is 0. The standard InChI is InChI=1S/C16H27N3O/c1-12-5-6-16(20-4)14(9-12)15(17)11-19-8-7-18(3)10-13(19)2/h5-6,9,13,15H,7-8,10-11,17H2,1-4H3. The first-order valence-corrected chi connectivity index (χ1v) is 7.34. The van der Waals surface area contributed by atoms with E-state index in [1.807, 2.05) is 6.07 Å². The molecule has 2 rings (SSSR count). The Morgan fingerprint density at radius 2 is 2.15 bits per heavy atom. The van der Waals surface area contributed by atoms with Crippen molar-refractivity contribution in [1.29, 1.82) is 0 Å². The zero-order valence-corrected chi connectivity index (χ0v) is 13.1. The fraction of sp³-hybridized carbons (Fsp3) is 0.625. The molecule has 0 saturated carbocycles. The molecule has 0 spiro atoms. The maximum Gasteiger partial charge on any atom is 0.123 e. The quantitative estimate of drug-likeness (QED) is 0.908.